The Hall–Kier alpha value is -3.35. The third-order valence-corrected chi connectivity index (χ3v) is 5.22. The second-order valence-electron chi connectivity index (χ2n) is 7.13. The van der Waals surface area contributed by atoms with Crippen LogP contribution in [0.1, 0.15) is 21.6 Å². The van der Waals surface area contributed by atoms with Gasteiger partial charge in [-0.3, -0.25) is 14.5 Å². The molecule has 0 saturated carbocycles. The lowest BCUT2D eigenvalue weighted by Crippen LogP contribution is -2.49. The molecule has 7 nitrogen and oxygen atoms in total. The van der Waals surface area contributed by atoms with Crippen molar-refractivity contribution in [2.45, 2.75) is 13.5 Å². The monoisotopic (exact) mass is 391 g/mol. The highest BCUT2D eigenvalue weighted by molar-refractivity contribution is 5.94. The molecule has 1 aromatic carbocycles. The molecule has 0 atom stereocenters. The fraction of sp³-hybridized carbons (Fsp3) is 0.318. The molecular weight excluding hydrogens is 366 g/mol. The van der Waals surface area contributed by atoms with Gasteiger partial charge in [0.2, 0.25) is 0 Å². The van der Waals surface area contributed by atoms with Gasteiger partial charge in [-0.2, -0.15) is 5.10 Å². The van der Waals surface area contributed by atoms with Crippen molar-refractivity contribution in [3.05, 3.63) is 71.7 Å². The highest BCUT2D eigenvalue weighted by Gasteiger charge is 2.26. The molecule has 0 bridgehead atoms. The van der Waals surface area contributed by atoms with Crippen LogP contribution in [0.25, 0.3) is 0 Å². The van der Waals surface area contributed by atoms with Gasteiger partial charge in [0, 0.05) is 45.0 Å². The number of carbonyl (C=O) groups is 1. The maximum absolute atomic E-state index is 12.7. The maximum atomic E-state index is 12.7. The highest BCUT2D eigenvalue weighted by Crippen LogP contribution is 2.26. The smallest absolute Gasteiger partial charge is 0.253 e. The molecule has 150 valence electrons. The molecule has 29 heavy (non-hydrogen) atoms. The first-order chi connectivity index (χ1) is 14.1. The van der Waals surface area contributed by atoms with E-state index in [-0.39, 0.29) is 5.91 Å². The number of hydrogen-bond acceptors (Lipinski definition) is 5. The van der Waals surface area contributed by atoms with Crippen LogP contribution in [0.3, 0.4) is 0 Å². The van der Waals surface area contributed by atoms with Crippen molar-refractivity contribution >= 4 is 11.7 Å². The Morgan fingerprint density at radius 3 is 2.52 bits per heavy atom. The molecule has 3 aromatic rings. The number of pyridine rings is 1. The van der Waals surface area contributed by atoms with Crippen LogP contribution < -0.4 is 9.64 Å². The van der Waals surface area contributed by atoms with Crippen molar-refractivity contribution in [3.63, 3.8) is 0 Å². The number of piperazine rings is 1. The van der Waals surface area contributed by atoms with Crippen LogP contribution in [0.15, 0.2) is 54.9 Å². The molecule has 7 heteroatoms. The number of benzene rings is 1. The SMILES string of the molecule is Cc1nn(C)c(N2CCN(C(=O)c3ccccc3)CC2)c1COc1cccnc1. The summed E-state index contributed by atoms with van der Waals surface area (Å²) in [6.45, 7) is 5.32. The van der Waals surface area contributed by atoms with Crippen molar-refractivity contribution in [1.29, 1.82) is 0 Å². The number of aromatic nitrogens is 3. The first-order valence-corrected chi connectivity index (χ1v) is 9.78. The molecule has 0 unspecified atom stereocenters. The number of aryl methyl sites for hydroxylation is 2. The zero-order chi connectivity index (χ0) is 20.2. The van der Waals surface area contributed by atoms with E-state index in [2.05, 4.69) is 15.0 Å². The Morgan fingerprint density at radius 2 is 1.83 bits per heavy atom. The molecule has 3 heterocycles. The van der Waals surface area contributed by atoms with E-state index in [1.807, 2.05) is 66.0 Å². The summed E-state index contributed by atoms with van der Waals surface area (Å²) in [6, 6.07) is 13.2. The molecule has 2 aromatic heterocycles. The summed E-state index contributed by atoms with van der Waals surface area (Å²) in [7, 11) is 1.96. The Kier molecular flexibility index (Phi) is 5.46. The molecule has 0 aliphatic carbocycles. The normalized spacial score (nSPS) is 14.1. The van der Waals surface area contributed by atoms with E-state index in [0.29, 0.717) is 19.7 Å². The molecule has 0 N–H and O–H groups in total. The van der Waals surface area contributed by atoms with Crippen molar-refractivity contribution in [3.8, 4) is 5.75 Å². The quantitative estimate of drug-likeness (QED) is 0.669. The average Bonchev–Trinajstić information content (AvgIpc) is 3.06. The molecule has 0 spiro atoms. The van der Waals surface area contributed by atoms with Gasteiger partial charge < -0.3 is 14.5 Å². The maximum Gasteiger partial charge on any atom is 0.253 e. The number of amides is 1. The molecular formula is C22H25N5O2. The second-order valence-corrected chi connectivity index (χ2v) is 7.13. The largest absolute Gasteiger partial charge is 0.487 e. The molecule has 0 radical (unpaired) electrons. The van der Waals surface area contributed by atoms with E-state index in [1.54, 1.807) is 12.4 Å². The van der Waals surface area contributed by atoms with E-state index in [9.17, 15) is 4.79 Å². The van der Waals surface area contributed by atoms with Gasteiger partial charge >= 0.3 is 0 Å². The minimum atomic E-state index is 0.0894. The van der Waals surface area contributed by atoms with Gasteiger partial charge in [0.25, 0.3) is 5.91 Å². The zero-order valence-corrected chi connectivity index (χ0v) is 16.8. The van der Waals surface area contributed by atoms with Crippen molar-refractivity contribution in [2.75, 3.05) is 31.1 Å². The van der Waals surface area contributed by atoms with Crippen LogP contribution in [0.5, 0.6) is 5.75 Å². The van der Waals surface area contributed by atoms with Gasteiger partial charge in [0.05, 0.1) is 17.5 Å². The van der Waals surface area contributed by atoms with Gasteiger partial charge in [-0.25, -0.2) is 0 Å². The predicted octanol–water partition coefficient (Wildman–Crippen LogP) is 2.66. The minimum absolute atomic E-state index is 0.0894. The molecule has 1 fully saturated rings. The van der Waals surface area contributed by atoms with E-state index in [1.165, 1.54) is 0 Å². The van der Waals surface area contributed by atoms with Crippen LogP contribution in [0.2, 0.25) is 0 Å². The number of nitrogens with zero attached hydrogens (tertiary/aromatic N) is 5. The average molecular weight is 391 g/mol. The van der Waals surface area contributed by atoms with Crippen LogP contribution >= 0.6 is 0 Å². The van der Waals surface area contributed by atoms with Gasteiger partial charge in [-0.05, 0) is 31.2 Å². The molecule has 4 rings (SSSR count). The summed E-state index contributed by atoms with van der Waals surface area (Å²) < 4.78 is 7.84. The summed E-state index contributed by atoms with van der Waals surface area (Å²) in [5.41, 5.74) is 2.76. The summed E-state index contributed by atoms with van der Waals surface area (Å²) >= 11 is 0. The molecule has 1 aliphatic heterocycles. The summed E-state index contributed by atoms with van der Waals surface area (Å²) in [4.78, 5) is 21.0. The van der Waals surface area contributed by atoms with Crippen LogP contribution in [-0.4, -0.2) is 51.8 Å². The summed E-state index contributed by atoms with van der Waals surface area (Å²) in [5.74, 6) is 1.88. The van der Waals surface area contributed by atoms with Crippen molar-refractivity contribution < 1.29 is 9.53 Å². The van der Waals surface area contributed by atoms with Crippen LogP contribution in [0.4, 0.5) is 5.82 Å². The van der Waals surface area contributed by atoms with Gasteiger partial charge in [0.1, 0.15) is 18.2 Å². The van der Waals surface area contributed by atoms with Crippen molar-refractivity contribution in [2.24, 2.45) is 7.05 Å². The Labute approximate surface area is 170 Å². The summed E-state index contributed by atoms with van der Waals surface area (Å²) in [6.07, 6.45) is 3.43. The third-order valence-electron chi connectivity index (χ3n) is 5.22. The number of rotatable bonds is 5. The Bertz CT molecular complexity index is 964. The lowest BCUT2D eigenvalue weighted by atomic mass is 10.1. The minimum Gasteiger partial charge on any atom is -0.487 e. The van der Waals surface area contributed by atoms with Crippen LogP contribution in [-0.2, 0) is 13.7 Å². The predicted molar refractivity (Wildman–Crippen MR) is 111 cm³/mol. The van der Waals surface area contributed by atoms with Gasteiger partial charge in [-0.1, -0.05) is 18.2 Å². The first-order valence-electron chi connectivity index (χ1n) is 9.78. The fourth-order valence-corrected chi connectivity index (χ4v) is 3.73. The number of ether oxygens (including phenoxy) is 1. The number of carbonyl (C=O) groups excluding carboxylic acids is 1. The standard InChI is InChI=1S/C22H25N5O2/c1-17-20(16-29-19-9-6-10-23-15-19)21(25(2)24-17)26-11-13-27(14-12-26)22(28)18-7-4-3-5-8-18/h3-10,15H,11-14,16H2,1-2H3. The van der Waals surface area contributed by atoms with E-state index in [4.69, 9.17) is 4.74 Å². The summed E-state index contributed by atoms with van der Waals surface area (Å²) in [5, 5.41) is 4.60. The first kappa shape index (κ1) is 19.0. The zero-order valence-electron chi connectivity index (χ0n) is 16.8. The van der Waals surface area contributed by atoms with Gasteiger partial charge in [-0.15, -0.1) is 0 Å². The van der Waals surface area contributed by atoms with Crippen molar-refractivity contribution in [1.82, 2.24) is 19.7 Å². The lowest BCUT2D eigenvalue weighted by molar-refractivity contribution is 0.0746. The lowest BCUT2D eigenvalue weighted by Gasteiger charge is -2.36. The molecule has 1 aliphatic rings. The third kappa shape index (κ3) is 4.08. The Morgan fingerprint density at radius 1 is 1.07 bits per heavy atom. The van der Waals surface area contributed by atoms with E-state index in [0.717, 1.165) is 41.5 Å². The molecule has 1 saturated heterocycles. The topological polar surface area (TPSA) is 63.5 Å². The number of hydrogen-bond donors (Lipinski definition) is 0. The van der Waals surface area contributed by atoms with E-state index >= 15 is 0 Å². The van der Waals surface area contributed by atoms with Crippen LogP contribution in [0, 0.1) is 6.92 Å². The fourth-order valence-electron chi connectivity index (χ4n) is 3.73. The van der Waals surface area contributed by atoms with E-state index < -0.39 is 0 Å². The van der Waals surface area contributed by atoms with Gasteiger partial charge in [0.15, 0.2) is 0 Å². The Balaban J connectivity index is 1.45. The number of anilines is 1. The molecule has 1 amide bonds. The second kappa shape index (κ2) is 8.34. The highest BCUT2D eigenvalue weighted by atomic mass is 16.5.